The van der Waals surface area contributed by atoms with Crippen LogP contribution in [0.4, 0.5) is 5.82 Å². The van der Waals surface area contributed by atoms with Gasteiger partial charge in [0.05, 0.1) is 11.6 Å². The first-order valence-electron chi connectivity index (χ1n) is 8.12. The second kappa shape index (κ2) is 6.32. The monoisotopic (exact) mass is 343 g/mol. The minimum atomic E-state index is 0.0911. The van der Waals surface area contributed by atoms with Gasteiger partial charge >= 0.3 is 0 Å². The lowest BCUT2D eigenvalue weighted by Crippen LogP contribution is -2.49. The van der Waals surface area contributed by atoms with E-state index in [-0.39, 0.29) is 5.91 Å². The van der Waals surface area contributed by atoms with Gasteiger partial charge < -0.3 is 14.5 Å². The molecule has 124 valence electrons. The van der Waals surface area contributed by atoms with E-state index in [9.17, 15) is 4.79 Å². The Hall–Kier alpha value is -2.27. The summed E-state index contributed by atoms with van der Waals surface area (Å²) in [5.74, 6) is 1.90. The summed E-state index contributed by atoms with van der Waals surface area (Å²) >= 11 is 5.88. The maximum absolute atomic E-state index is 12.7. The molecule has 1 saturated heterocycles. The number of aromatic nitrogens is 1. The Bertz CT molecular complexity index is 755. The first-order chi connectivity index (χ1) is 11.7. The summed E-state index contributed by atoms with van der Waals surface area (Å²) in [4.78, 5) is 21.2. The summed E-state index contributed by atoms with van der Waals surface area (Å²) in [6.45, 7) is 3.63. The van der Waals surface area contributed by atoms with Crippen LogP contribution < -0.4 is 9.64 Å². The van der Waals surface area contributed by atoms with Crippen molar-refractivity contribution in [3.05, 3.63) is 52.7 Å². The number of hydrogen-bond donors (Lipinski definition) is 0. The molecule has 0 bridgehead atoms. The number of amides is 1. The van der Waals surface area contributed by atoms with Gasteiger partial charge in [0.2, 0.25) is 0 Å². The Morgan fingerprint density at radius 3 is 2.71 bits per heavy atom. The lowest BCUT2D eigenvalue weighted by Gasteiger charge is -2.35. The molecule has 0 saturated carbocycles. The number of halogens is 1. The zero-order chi connectivity index (χ0) is 16.5. The number of fused-ring (bicyclic) bond motifs is 1. The van der Waals surface area contributed by atoms with E-state index >= 15 is 0 Å². The molecule has 2 aromatic rings. The second-order valence-electron chi connectivity index (χ2n) is 6.03. The van der Waals surface area contributed by atoms with Gasteiger partial charge in [0.15, 0.2) is 0 Å². The van der Waals surface area contributed by atoms with E-state index in [1.54, 1.807) is 6.20 Å². The molecule has 3 heterocycles. The molecule has 0 radical (unpaired) electrons. The number of carbonyl (C=O) groups excluding carboxylic acids is 1. The van der Waals surface area contributed by atoms with Crippen molar-refractivity contribution in [1.29, 1.82) is 0 Å². The molecule has 1 amide bonds. The molecule has 5 nitrogen and oxygen atoms in total. The van der Waals surface area contributed by atoms with Crippen LogP contribution in [-0.4, -0.2) is 48.6 Å². The van der Waals surface area contributed by atoms with Gasteiger partial charge in [0.25, 0.3) is 5.91 Å². The number of piperazine rings is 1. The van der Waals surface area contributed by atoms with Crippen molar-refractivity contribution >= 4 is 23.3 Å². The van der Waals surface area contributed by atoms with E-state index in [4.69, 9.17) is 16.3 Å². The topological polar surface area (TPSA) is 45.7 Å². The fourth-order valence-electron chi connectivity index (χ4n) is 3.20. The number of carbonyl (C=O) groups is 1. The molecular formula is C18H18ClN3O2. The Labute approximate surface area is 145 Å². The summed E-state index contributed by atoms with van der Waals surface area (Å²) in [5, 5.41) is 0.633. The van der Waals surface area contributed by atoms with Crippen molar-refractivity contribution in [2.45, 2.75) is 6.42 Å². The second-order valence-corrected chi connectivity index (χ2v) is 6.47. The van der Waals surface area contributed by atoms with Crippen LogP contribution in [0.1, 0.15) is 15.9 Å². The highest BCUT2D eigenvalue weighted by Crippen LogP contribution is 2.26. The van der Waals surface area contributed by atoms with Gasteiger partial charge in [-0.15, -0.1) is 0 Å². The van der Waals surface area contributed by atoms with E-state index in [0.717, 1.165) is 42.2 Å². The highest BCUT2D eigenvalue weighted by Gasteiger charge is 2.24. The molecule has 0 N–H and O–H groups in total. The van der Waals surface area contributed by atoms with Gasteiger partial charge in [-0.05, 0) is 35.9 Å². The maximum atomic E-state index is 12.7. The smallest absolute Gasteiger partial charge is 0.253 e. The van der Waals surface area contributed by atoms with E-state index in [0.29, 0.717) is 24.7 Å². The van der Waals surface area contributed by atoms with Gasteiger partial charge in [-0.2, -0.15) is 0 Å². The molecule has 2 aliphatic rings. The van der Waals surface area contributed by atoms with Crippen molar-refractivity contribution in [3.8, 4) is 5.75 Å². The number of pyridine rings is 1. The van der Waals surface area contributed by atoms with Crippen LogP contribution in [0.15, 0.2) is 36.5 Å². The molecule has 0 spiro atoms. The van der Waals surface area contributed by atoms with E-state index < -0.39 is 0 Å². The lowest BCUT2D eigenvalue weighted by atomic mass is 10.1. The summed E-state index contributed by atoms with van der Waals surface area (Å²) in [6, 6.07) is 9.50. The molecule has 0 unspecified atom stereocenters. The molecule has 2 aliphatic heterocycles. The Morgan fingerprint density at radius 1 is 1.12 bits per heavy atom. The Balaban J connectivity index is 1.42. The third kappa shape index (κ3) is 2.91. The highest BCUT2D eigenvalue weighted by molar-refractivity contribution is 6.30. The summed E-state index contributed by atoms with van der Waals surface area (Å²) < 4.78 is 5.50. The van der Waals surface area contributed by atoms with E-state index in [1.807, 2.05) is 35.2 Å². The highest BCUT2D eigenvalue weighted by atomic mass is 35.5. The van der Waals surface area contributed by atoms with Crippen LogP contribution in [0.2, 0.25) is 5.02 Å². The zero-order valence-electron chi connectivity index (χ0n) is 13.2. The average molecular weight is 344 g/mol. The van der Waals surface area contributed by atoms with Gasteiger partial charge in [0, 0.05) is 44.4 Å². The third-order valence-electron chi connectivity index (χ3n) is 4.54. The Morgan fingerprint density at radius 2 is 1.96 bits per heavy atom. The molecule has 0 atom stereocenters. The van der Waals surface area contributed by atoms with Crippen molar-refractivity contribution in [2.24, 2.45) is 0 Å². The largest absolute Gasteiger partial charge is 0.493 e. The van der Waals surface area contributed by atoms with Crippen LogP contribution in [0, 0.1) is 0 Å². The molecular weight excluding hydrogens is 326 g/mol. The lowest BCUT2D eigenvalue weighted by molar-refractivity contribution is 0.0746. The van der Waals surface area contributed by atoms with Crippen LogP contribution in [0.3, 0.4) is 0 Å². The fourth-order valence-corrected chi connectivity index (χ4v) is 3.31. The van der Waals surface area contributed by atoms with Gasteiger partial charge in [-0.25, -0.2) is 4.98 Å². The standard InChI is InChI=1S/C18H18ClN3O2/c19-15-2-4-17(20-12-15)21-6-8-22(9-7-21)18(23)14-1-3-16-13(11-14)5-10-24-16/h1-4,11-12H,5-10H2. The number of hydrogen-bond acceptors (Lipinski definition) is 4. The van der Waals surface area contributed by atoms with Gasteiger partial charge in [-0.3, -0.25) is 4.79 Å². The predicted octanol–water partition coefficient (Wildman–Crippen LogP) is 2.63. The van der Waals surface area contributed by atoms with E-state index in [2.05, 4.69) is 9.88 Å². The number of benzene rings is 1. The molecule has 4 rings (SSSR count). The average Bonchev–Trinajstić information content (AvgIpc) is 3.09. The third-order valence-corrected chi connectivity index (χ3v) is 4.76. The van der Waals surface area contributed by atoms with Gasteiger partial charge in [-0.1, -0.05) is 11.6 Å². The Kier molecular flexibility index (Phi) is 4.02. The fraction of sp³-hybridized carbons (Fsp3) is 0.333. The normalized spacial score (nSPS) is 16.7. The van der Waals surface area contributed by atoms with E-state index in [1.165, 1.54) is 0 Å². The number of rotatable bonds is 2. The first-order valence-corrected chi connectivity index (χ1v) is 8.50. The van der Waals surface area contributed by atoms with Crippen molar-refractivity contribution in [2.75, 3.05) is 37.7 Å². The molecule has 1 aromatic heterocycles. The van der Waals surface area contributed by atoms with Crippen LogP contribution in [-0.2, 0) is 6.42 Å². The summed E-state index contributed by atoms with van der Waals surface area (Å²) in [6.07, 6.45) is 2.54. The summed E-state index contributed by atoms with van der Waals surface area (Å²) in [5.41, 5.74) is 1.88. The molecule has 24 heavy (non-hydrogen) atoms. The minimum absolute atomic E-state index is 0.0911. The zero-order valence-corrected chi connectivity index (χ0v) is 14.0. The number of anilines is 1. The van der Waals surface area contributed by atoms with Crippen LogP contribution in [0.25, 0.3) is 0 Å². The van der Waals surface area contributed by atoms with Crippen LogP contribution in [0.5, 0.6) is 5.75 Å². The molecule has 1 fully saturated rings. The molecule has 1 aromatic carbocycles. The van der Waals surface area contributed by atoms with Crippen molar-refractivity contribution < 1.29 is 9.53 Å². The molecule has 0 aliphatic carbocycles. The van der Waals surface area contributed by atoms with Crippen molar-refractivity contribution in [3.63, 3.8) is 0 Å². The summed E-state index contributed by atoms with van der Waals surface area (Å²) in [7, 11) is 0. The SMILES string of the molecule is O=C(c1ccc2c(c1)CCO2)N1CCN(c2ccc(Cl)cn2)CC1. The predicted molar refractivity (Wildman–Crippen MR) is 93.0 cm³/mol. The van der Waals surface area contributed by atoms with Gasteiger partial charge in [0.1, 0.15) is 11.6 Å². The number of nitrogens with zero attached hydrogens (tertiary/aromatic N) is 3. The quantitative estimate of drug-likeness (QED) is 0.841. The minimum Gasteiger partial charge on any atom is -0.493 e. The number of ether oxygens (including phenoxy) is 1. The first kappa shape index (κ1) is 15.3. The van der Waals surface area contributed by atoms with Crippen molar-refractivity contribution in [1.82, 2.24) is 9.88 Å². The molecule has 6 heteroatoms. The van der Waals surface area contributed by atoms with Crippen LogP contribution >= 0.6 is 11.6 Å². The maximum Gasteiger partial charge on any atom is 0.253 e.